The lowest BCUT2D eigenvalue weighted by Gasteiger charge is -2.34. The van der Waals surface area contributed by atoms with Gasteiger partial charge in [0.1, 0.15) is 90.6 Å². The average molecular weight is 1820 g/mol. The number of carbonyl (C=O) groups is 16. The fourth-order valence-corrected chi connectivity index (χ4v) is 17.2. The highest BCUT2D eigenvalue weighted by atomic mass is 16.2. The quantitative estimate of drug-likeness (QED) is 0.0387. The van der Waals surface area contributed by atoms with E-state index in [4.69, 9.17) is 34.4 Å². The van der Waals surface area contributed by atoms with Crippen molar-refractivity contribution >= 4 is 94.5 Å². The Morgan fingerprint density at radius 2 is 0.450 bits per heavy atom. The Balaban J connectivity index is 1.56. The smallest absolute Gasteiger partial charge is 0.245 e. The van der Waals surface area contributed by atoms with Gasteiger partial charge in [-0.15, -0.1) is 0 Å². The van der Waals surface area contributed by atoms with Gasteiger partial charge in [0, 0.05) is 26.2 Å². The minimum absolute atomic E-state index is 0.0906. The number of nitrogens with two attached hydrogens (primary N) is 6. The third-order valence-electron chi connectivity index (χ3n) is 27.7. The summed E-state index contributed by atoms with van der Waals surface area (Å²) in [5.74, 6) is -13.4. The normalized spacial score (nSPS) is 21.0. The summed E-state index contributed by atoms with van der Waals surface area (Å²) < 4.78 is 0. The third-order valence-corrected chi connectivity index (χ3v) is 27.7. The van der Waals surface area contributed by atoms with Crippen LogP contribution in [0.25, 0.3) is 0 Å². The zero-order valence-corrected chi connectivity index (χ0v) is 80.6. The number of primary amides is 1. The predicted molar refractivity (Wildman–Crippen MR) is 495 cm³/mol. The number of nitrogens with zero attached hydrogens (tertiary/aromatic N) is 4. The highest BCUT2D eigenvalue weighted by Crippen LogP contribution is 2.29. The van der Waals surface area contributed by atoms with Gasteiger partial charge in [-0.3, -0.25) is 76.7 Å². The monoisotopic (exact) mass is 1820 g/mol. The van der Waals surface area contributed by atoms with Crippen molar-refractivity contribution in [2.24, 2.45) is 81.7 Å². The number of rotatable bonds is 59. The van der Waals surface area contributed by atoms with Crippen molar-refractivity contribution in [2.75, 3.05) is 52.4 Å². The molecule has 4 saturated heterocycles. The number of unbranched alkanes of at least 4 members (excludes halogenated alkanes) is 4. The van der Waals surface area contributed by atoms with Gasteiger partial charge in [-0.2, -0.15) is 0 Å². The Labute approximate surface area is 767 Å². The first-order chi connectivity index (χ1) is 61.3. The van der Waals surface area contributed by atoms with Crippen LogP contribution in [0.1, 0.15) is 291 Å². The van der Waals surface area contributed by atoms with Crippen LogP contribution >= 0.6 is 0 Å². The van der Waals surface area contributed by atoms with Gasteiger partial charge in [-0.05, 0) is 202 Å². The number of amides is 16. The fourth-order valence-electron chi connectivity index (χ4n) is 17.2. The maximum absolute atomic E-state index is 15.2. The molecule has 129 heavy (non-hydrogen) atoms. The molecular weight excluding hydrogens is 1660 g/mol. The minimum atomic E-state index is -1.27. The van der Waals surface area contributed by atoms with Gasteiger partial charge in [0.25, 0.3) is 0 Å². The van der Waals surface area contributed by atoms with Gasteiger partial charge in [0.2, 0.25) is 94.5 Å². The number of likely N-dealkylation sites (tertiary alicyclic amines) is 4. The molecule has 4 heterocycles. The summed E-state index contributed by atoms with van der Waals surface area (Å²) in [6.07, 6.45) is 10.7. The molecule has 0 radical (unpaired) electrons. The first kappa shape index (κ1) is 113. The predicted octanol–water partition coefficient (Wildman–Crippen LogP) is 1.98. The molecule has 0 bridgehead atoms. The van der Waals surface area contributed by atoms with Crippen molar-refractivity contribution in [3.8, 4) is 0 Å². The van der Waals surface area contributed by atoms with Gasteiger partial charge >= 0.3 is 0 Å². The van der Waals surface area contributed by atoms with Gasteiger partial charge in [-0.1, -0.05) is 162 Å². The second kappa shape index (κ2) is 57.6. The van der Waals surface area contributed by atoms with E-state index in [9.17, 15) is 57.5 Å². The minimum Gasteiger partial charge on any atom is -0.368 e. The van der Waals surface area contributed by atoms with Crippen molar-refractivity contribution in [1.29, 1.82) is 0 Å². The standard InChI is InChI=1S/C92H167N21O16/c1-17-53(9)69(97)82(119)99-61(37-25-29-45-93)89(126)111-50-34-42-66(111)79(116)104-74(58(14)22-6)86(123)108-72(56(12)20-4)84(121)101-63(39-27-31-47-95)91(128)113-52-36-44-68(113)81(118)106-76(60(16)24-8)88(125)109-73(57(13)21-5)85(122)102-64(40-28-32-48-96)92(129)112-51-35-43-67(112)80(117)105-75(59(15)23-7)87(124)107-71(55(11)19-3)83(120)100-62(38-26-30-46-94)90(127)110-49-33-41-65(110)78(115)103-70(77(98)114)54(10)18-2/h53-76H,17-52,93-97H2,1-16H3,(H2,98,114)(H,99,119)(H,100,120)(H,101,121)(H,102,122)(H,103,115)(H,104,116)(H,105,117)(H,106,118)(H,107,124)(H,108,123)(H,109,125)/t53-,54-,55-,56-,57-,58-,59-,60-,61-,62-,63-,64-,65-,66-,67-,68-,69-,70-,71-,72-,73-,74-,75-,76-/m0/s1. The fraction of sp³-hybridized carbons (Fsp3) is 0.826. The lowest BCUT2D eigenvalue weighted by molar-refractivity contribution is -0.144. The summed E-state index contributed by atoms with van der Waals surface area (Å²) in [5.41, 5.74) is 35.6. The maximum Gasteiger partial charge on any atom is 0.245 e. The molecule has 0 aromatic rings. The van der Waals surface area contributed by atoms with Crippen molar-refractivity contribution in [2.45, 2.75) is 387 Å². The average Bonchev–Trinajstić information content (AvgIpc) is 1.74. The molecule has 4 fully saturated rings. The second-order valence-electron chi connectivity index (χ2n) is 37.1. The molecule has 0 saturated carbocycles. The Morgan fingerprint density at radius 1 is 0.264 bits per heavy atom. The Bertz CT molecular complexity index is 3640. The van der Waals surface area contributed by atoms with E-state index in [1.54, 1.807) is 48.5 Å². The van der Waals surface area contributed by atoms with Gasteiger partial charge in [0.15, 0.2) is 0 Å². The van der Waals surface area contributed by atoms with E-state index >= 15 is 19.2 Å². The molecule has 0 aromatic heterocycles. The summed E-state index contributed by atoms with van der Waals surface area (Å²) in [7, 11) is 0. The molecule has 4 aliphatic heterocycles. The van der Waals surface area contributed by atoms with Crippen LogP contribution < -0.4 is 92.9 Å². The molecule has 4 aliphatic rings. The first-order valence-corrected chi connectivity index (χ1v) is 48.7. The molecule has 0 aliphatic carbocycles. The van der Waals surface area contributed by atoms with Crippen LogP contribution in [-0.4, -0.2) is 263 Å². The van der Waals surface area contributed by atoms with Gasteiger partial charge in [0.05, 0.1) is 6.04 Å². The summed E-state index contributed by atoms with van der Waals surface area (Å²) in [5, 5.41) is 31.9. The van der Waals surface area contributed by atoms with E-state index in [-0.39, 0.29) is 96.1 Å². The molecule has 37 nitrogen and oxygen atoms in total. The Morgan fingerprint density at radius 3 is 0.651 bits per heavy atom. The molecule has 0 aromatic carbocycles. The van der Waals surface area contributed by atoms with Crippen molar-refractivity contribution in [3.05, 3.63) is 0 Å². The molecule has 24 atom stereocenters. The lowest BCUT2D eigenvalue weighted by Crippen LogP contribution is -2.62. The highest BCUT2D eigenvalue weighted by Gasteiger charge is 2.48. The van der Waals surface area contributed by atoms with Crippen LogP contribution in [0.5, 0.6) is 0 Å². The SMILES string of the molecule is CC[C@H](C)[C@H](N)C(=O)N[C@@H](CCCCN)C(=O)N1CCC[C@H]1C(=O)N[C@H](C(=O)N[C@H](C(=O)N[C@@H](CCCCN)C(=O)N1CCC[C@H]1C(=O)N[C@H](C(=O)N[C@H](C(=O)N[C@@H](CCCCN)C(=O)N1CCC[C@H]1C(=O)N[C@H](C(=O)N[C@H](C(=O)N[C@@H](CCCCN)C(=O)N1CCC[C@H]1C(=O)N[C@H](C(N)=O)[C@@H](C)CC)[C@@H](C)CC)[C@@H](C)CC)[C@@H](C)CC)[C@@H](C)CC)[C@@H](C)CC)[C@@H](C)CC. The van der Waals surface area contributed by atoms with E-state index in [2.05, 4.69) is 58.5 Å². The van der Waals surface area contributed by atoms with Crippen molar-refractivity contribution in [1.82, 2.24) is 78.1 Å². The topological polar surface area (TPSA) is 575 Å². The number of carbonyl (C=O) groups excluding carboxylic acids is 16. The zero-order chi connectivity index (χ0) is 96.6. The van der Waals surface area contributed by atoms with Crippen LogP contribution in [0, 0.1) is 47.3 Å². The summed E-state index contributed by atoms with van der Waals surface area (Å²) in [6, 6.07) is -17.9. The highest BCUT2D eigenvalue weighted by molar-refractivity contribution is 6.02. The van der Waals surface area contributed by atoms with E-state index in [0.717, 1.165) is 0 Å². The molecule has 23 N–H and O–H groups in total. The van der Waals surface area contributed by atoms with Crippen LogP contribution in [0.3, 0.4) is 0 Å². The summed E-state index contributed by atoms with van der Waals surface area (Å²) in [6.45, 7) is 31.0. The molecule has 16 amide bonds. The van der Waals surface area contributed by atoms with Crippen LogP contribution in [-0.2, 0) is 76.7 Å². The Kier molecular flexibility index (Phi) is 50.3. The Hall–Kier alpha value is -8.68. The molecule has 4 rings (SSSR count). The largest absolute Gasteiger partial charge is 0.368 e. The number of nitrogens with one attached hydrogen (secondary N) is 11. The van der Waals surface area contributed by atoms with Crippen LogP contribution in [0.4, 0.5) is 0 Å². The molecular formula is C92H167N21O16. The number of hydrogen-bond acceptors (Lipinski definition) is 21. The van der Waals surface area contributed by atoms with Crippen LogP contribution in [0.15, 0.2) is 0 Å². The molecule has 736 valence electrons. The van der Waals surface area contributed by atoms with Crippen molar-refractivity contribution in [3.63, 3.8) is 0 Å². The second-order valence-corrected chi connectivity index (χ2v) is 37.1. The molecule has 0 unspecified atom stereocenters. The maximum atomic E-state index is 15.2. The number of hydrogen-bond donors (Lipinski definition) is 17. The van der Waals surface area contributed by atoms with E-state index < -0.39 is 227 Å². The van der Waals surface area contributed by atoms with E-state index in [1.165, 1.54) is 19.6 Å². The third kappa shape index (κ3) is 32.9. The molecule has 37 heteroatoms. The van der Waals surface area contributed by atoms with Crippen LogP contribution in [0.2, 0.25) is 0 Å². The van der Waals surface area contributed by atoms with Crippen molar-refractivity contribution < 1.29 is 76.7 Å². The van der Waals surface area contributed by atoms with Gasteiger partial charge < -0.3 is 112 Å². The zero-order valence-electron chi connectivity index (χ0n) is 80.6. The molecule has 0 spiro atoms. The van der Waals surface area contributed by atoms with Gasteiger partial charge in [-0.25, -0.2) is 0 Å². The van der Waals surface area contributed by atoms with E-state index in [1.807, 2.05) is 62.3 Å². The first-order valence-electron chi connectivity index (χ1n) is 48.7. The lowest BCUT2D eigenvalue weighted by atomic mass is 9.94. The summed E-state index contributed by atoms with van der Waals surface area (Å²) in [4.78, 5) is 238. The van der Waals surface area contributed by atoms with E-state index in [0.29, 0.717) is 148 Å². The summed E-state index contributed by atoms with van der Waals surface area (Å²) >= 11 is 0.